The van der Waals surface area contributed by atoms with Crippen molar-refractivity contribution in [2.24, 2.45) is 0 Å². The second kappa shape index (κ2) is 19.0. The number of nitro benzene ring substituents is 1. The summed E-state index contributed by atoms with van der Waals surface area (Å²) in [5.74, 6) is 0.323. The van der Waals surface area contributed by atoms with E-state index < -0.39 is 0 Å². The molecule has 2 fully saturated rings. The molecule has 0 radical (unpaired) electrons. The number of Topliss-reactive ketones (excluding diaryl/α,β-unsaturated/α-hetero) is 1. The lowest BCUT2D eigenvalue weighted by molar-refractivity contribution is -0.387. The van der Waals surface area contributed by atoms with Crippen molar-refractivity contribution in [3.05, 3.63) is 62.2 Å². The number of nitrogens with zero attached hydrogens (tertiary/aromatic N) is 3. The van der Waals surface area contributed by atoms with Gasteiger partial charge in [-0.05, 0) is 115 Å². The Balaban J connectivity index is 0.000000233. The lowest BCUT2D eigenvalue weighted by Gasteiger charge is -2.38. The van der Waals surface area contributed by atoms with Crippen LogP contribution < -0.4 is 0 Å². The van der Waals surface area contributed by atoms with E-state index in [0.717, 1.165) is 72.1 Å². The van der Waals surface area contributed by atoms with Gasteiger partial charge in [0.1, 0.15) is 5.78 Å². The predicted molar refractivity (Wildman–Crippen MR) is 215 cm³/mol. The molecule has 3 aliphatic rings. The zero-order valence-electron chi connectivity index (χ0n) is 33.0. The summed E-state index contributed by atoms with van der Waals surface area (Å²) in [6.07, 6.45) is 12.9. The molecule has 0 spiro atoms. The van der Waals surface area contributed by atoms with Crippen LogP contribution in [0.15, 0.2) is 34.1 Å². The number of carbonyl (C=O) groups excluding carboxylic acids is 3. The third kappa shape index (κ3) is 10.2. The van der Waals surface area contributed by atoms with E-state index in [-0.39, 0.29) is 51.6 Å². The van der Waals surface area contributed by atoms with Crippen molar-refractivity contribution in [2.45, 2.75) is 184 Å². The van der Waals surface area contributed by atoms with Gasteiger partial charge in [-0.1, -0.05) is 52.4 Å². The van der Waals surface area contributed by atoms with Gasteiger partial charge < -0.3 is 9.80 Å². The predicted octanol–water partition coefficient (Wildman–Crippen LogP) is 10.8. The number of fused-ring (bicyclic) bond motifs is 1. The molecule has 2 amide bonds. The molecule has 1 aliphatic heterocycles. The third-order valence-electron chi connectivity index (χ3n) is 10.9. The van der Waals surface area contributed by atoms with Crippen molar-refractivity contribution in [3.8, 4) is 0 Å². The summed E-state index contributed by atoms with van der Waals surface area (Å²) >= 11 is 3.13. The maximum Gasteiger partial charge on any atom is 0.283 e. The summed E-state index contributed by atoms with van der Waals surface area (Å²) in [5, 5.41) is 12.0. The summed E-state index contributed by atoms with van der Waals surface area (Å²) < 4.78 is 0. The van der Waals surface area contributed by atoms with Crippen LogP contribution in [-0.4, -0.2) is 67.0 Å². The molecular weight excluding hydrogens is 691 g/mol. The zero-order chi connectivity index (χ0) is 38.3. The van der Waals surface area contributed by atoms with Gasteiger partial charge in [-0.15, -0.1) is 23.5 Å². The molecule has 0 saturated heterocycles. The second-order valence-corrected chi connectivity index (χ2v) is 18.5. The van der Waals surface area contributed by atoms with Gasteiger partial charge in [-0.25, -0.2) is 0 Å². The van der Waals surface area contributed by atoms with Crippen LogP contribution in [-0.2, 0) is 11.2 Å². The maximum atomic E-state index is 13.4. The Bertz CT molecular complexity index is 1600. The number of aryl methyl sites for hydroxylation is 2. The lowest BCUT2D eigenvalue weighted by atomic mass is 9.92. The molecule has 2 unspecified atom stereocenters. The molecule has 2 aromatic carbocycles. The van der Waals surface area contributed by atoms with Crippen molar-refractivity contribution in [1.29, 1.82) is 0 Å². The van der Waals surface area contributed by atoms with Gasteiger partial charge in [0.15, 0.2) is 0 Å². The number of rotatable bonds is 10. The first kappa shape index (κ1) is 41.9. The van der Waals surface area contributed by atoms with Crippen molar-refractivity contribution in [1.82, 2.24) is 9.80 Å². The van der Waals surface area contributed by atoms with Crippen LogP contribution in [0.3, 0.4) is 0 Å². The van der Waals surface area contributed by atoms with E-state index in [9.17, 15) is 24.5 Å². The Hall–Kier alpha value is -2.85. The summed E-state index contributed by atoms with van der Waals surface area (Å²) in [7, 11) is 0. The number of nitro groups is 1. The van der Waals surface area contributed by atoms with Gasteiger partial charge in [-0.2, -0.15) is 0 Å². The van der Waals surface area contributed by atoms with E-state index in [1.807, 2.05) is 51.7 Å². The van der Waals surface area contributed by atoms with Crippen LogP contribution in [0.4, 0.5) is 5.69 Å². The summed E-state index contributed by atoms with van der Waals surface area (Å²) in [6.45, 7) is 18.3. The van der Waals surface area contributed by atoms with E-state index >= 15 is 0 Å². The number of carbonyl (C=O) groups is 3. The number of thioether (sulfide) groups is 2. The Morgan fingerprint density at radius 2 is 1.31 bits per heavy atom. The third-order valence-corrected chi connectivity index (χ3v) is 13.5. The highest BCUT2D eigenvalue weighted by atomic mass is 32.2. The molecule has 1 heterocycles. The molecule has 0 aromatic heterocycles. The monoisotopic (exact) mass is 751 g/mol. The topological polar surface area (TPSA) is 101 Å². The molecule has 52 heavy (non-hydrogen) atoms. The first-order valence-corrected chi connectivity index (χ1v) is 21.3. The number of hydrogen-bond acceptors (Lipinski definition) is 7. The Kier molecular flexibility index (Phi) is 15.3. The molecule has 10 heteroatoms. The fourth-order valence-corrected chi connectivity index (χ4v) is 10.1. The molecule has 286 valence electrons. The minimum absolute atomic E-state index is 0.0165. The van der Waals surface area contributed by atoms with E-state index in [0.29, 0.717) is 28.2 Å². The largest absolute Gasteiger partial charge is 0.333 e. The van der Waals surface area contributed by atoms with Crippen LogP contribution in [0, 0.1) is 24.0 Å². The van der Waals surface area contributed by atoms with Crippen LogP contribution in [0.1, 0.15) is 157 Å². The van der Waals surface area contributed by atoms with Crippen molar-refractivity contribution in [3.63, 3.8) is 0 Å². The zero-order valence-corrected chi connectivity index (χ0v) is 34.6. The van der Waals surface area contributed by atoms with Crippen LogP contribution in [0.2, 0.25) is 0 Å². The highest BCUT2D eigenvalue weighted by Crippen LogP contribution is 2.38. The van der Waals surface area contributed by atoms with Crippen molar-refractivity contribution in [2.75, 3.05) is 0 Å². The number of amides is 2. The van der Waals surface area contributed by atoms with Crippen LogP contribution in [0.5, 0.6) is 0 Å². The number of benzene rings is 2. The lowest BCUT2D eigenvalue weighted by Crippen LogP contribution is -2.46. The van der Waals surface area contributed by atoms with Gasteiger partial charge in [0.2, 0.25) is 0 Å². The fraction of sp³-hybridized carbons (Fsp3) is 0.643. The fourth-order valence-electron chi connectivity index (χ4n) is 7.87. The minimum atomic E-state index is -0.360. The molecule has 2 aromatic rings. The highest BCUT2D eigenvalue weighted by Gasteiger charge is 2.33. The van der Waals surface area contributed by atoms with Gasteiger partial charge in [0, 0.05) is 57.9 Å². The first-order chi connectivity index (χ1) is 24.6. The quantitative estimate of drug-likeness (QED) is 0.135. The van der Waals surface area contributed by atoms with E-state index in [1.54, 1.807) is 11.8 Å². The highest BCUT2D eigenvalue weighted by molar-refractivity contribution is 8.00. The smallest absolute Gasteiger partial charge is 0.283 e. The van der Waals surface area contributed by atoms with Gasteiger partial charge in [0.25, 0.3) is 17.5 Å². The van der Waals surface area contributed by atoms with Crippen LogP contribution in [0.25, 0.3) is 0 Å². The van der Waals surface area contributed by atoms with Crippen molar-refractivity contribution < 1.29 is 19.3 Å². The molecule has 2 saturated carbocycles. The summed E-state index contributed by atoms with van der Waals surface area (Å²) in [6, 6.07) is 8.28. The molecule has 8 nitrogen and oxygen atoms in total. The normalized spacial score (nSPS) is 18.8. The number of hydrogen-bond donors (Lipinski definition) is 0. The molecule has 0 N–H and O–H groups in total. The number of ketones is 1. The standard InChI is InChI=1S/C21H32N2O3S.C21H29NO2S/c1-6-16(5)27-20-12-15(4)18(13-19(20)23(25)26)21(24)22(14(2)3)17-10-8-7-9-11-17;1-13(2)22(17-8-6-5-7-9-17)21(24)18-11-16-12-19(23)15(4)25-20(16)10-14(18)3/h12-14,16-17H,6-11H2,1-5H3;10-11,13,15,17H,5-9,12H2,1-4H3. The Labute approximate surface area is 320 Å². The average molecular weight is 752 g/mol. The van der Waals surface area contributed by atoms with Gasteiger partial charge in [-0.3, -0.25) is 24.5 Å². The molecule has 0 bridgehead atoms. The molecular formula is C42H61N3O5S2. The summed E-state index contributed by atoms with van der Waals surface area (Å²) in [5.41, 5.74) is 4.16. The molecule has 2 atom stereocenters. The summed E-state index contributed by atoms with van der Waals surface area (Å²) in [4.78, 5) is 56.0. The Morgan fingerprint density at radius 1 is 0.827 bits per heavy atom. The average Bonchev–Trinajstić information content (AvgIpc) is 3.09. The first-order valence-electron chi connectivity index (χ1n) is 19.6. The SMILES string of the molecule is CCC(C)Sc1cc(C)c(C(=O)N(C(C)C)C2CCCCC2)cc1[N+](=O)[O-].Cc1cc2c(cc1C(=O)N(C(C)C)C1CCCCC1)CC(=O)C(C)S2. The molecule has 2 aliphatic carbocycles. The second-order valence-electron chi connectivity index (χ2n) is 15.6. The molecule has 5 rings (SSSR count). The van der Waals surface area contributed by atoms with Gasteiger partial charge in [0.05, 0.1) is 15.1 Å². The van der Waals surface area contributed by atoms with E-state index in [4.69, 9.17) is 0 Å². The van der Waals surface area contributed by atoms with Gasteiger partial charge >= 0.3 is 0 Å². The van der Waals surface area contributed by atoms with E-state index in [2.05, 4.69) is 38.7 Å². The van der Waals surface area contributed by atoms with E-state index in [1.165, 1.54) is 43.5 Å². The van der Waals surface area contributed by atoms with Crippen molar-refractivity contribution >= 4 is 46.8 Å². The Morgan fingerprint density at radius 3 is 1.77 bits per heavy atom. The minimum Gasteiger partial charge on any atom is -0.333 e. The van der Waals surface area contributed by atoms with Crippen LogP contribution >= 0.6 is 23.5 Å². The maximum absolute atomic E-state index is 13.4.